The van der Waals surface area contributed by atoms with Crippen LogP contribution in [0.25, 0.3) is 0 Å². The summed E-state index contributed by atoms with van der Waals surface area (Å²) >= 11 is 2.86. The monoisotopic (exact) mass is 329 g/mol. The Hall–Kier alpha value is -1.72. The van der Waals surface area contributed by atoms with Gasteiger partial charge in [0.05, 0.1) is 5.25 Å². The minimum Gasteiger partial charge on any atom is -0.286 e. The molecule has 0 spiro atoms. The molecule has 3 rings (SSSR count). The van der Waals surface area contributed by atoms with Gasteiger partial charge in [0.1, 0.15) is 0 Å². The third-order valence-electron chi connectivity index (χ3n) is 3.36. The van der Waals surface area contributed by atoms with Gasteiger partial charge in [-0.3, -0.25) is 14.9 Å². The third kappa shape index (κ3) is 3.93. The van der Waals surface area contributed by atoms with Crippen LogP contribution in [0.2, 0.25) is 0 Å². The molecule has 0 bridgehead atoms. The lowest BCUT2D eigenvalue weighted by Crippen LogP contribution is -2.25. The van der Waals surface area contributed by atoms with E-state index in [-0.39, 0.29) is 16.4 Å². The predicted molar refractivity (Wildman–Crippen MR) is 91.1 cm³/mol. The lowest BCUT2D eigenvalue weighted by Gasteiger charge is -2.07. The zero-order valence-electron chi connectivity index (χ0n) is 11.8. The molecule has 2 amide bonds. The smallest absolute Gasteiger partial charge is 0.286 e. The molecular weight excluding hydrogens is 314 g/mol. The SMILES string of the molecule is O=C1NC(=O)C(Cc2ccc(SCc3ccccc3)cc2)S1. The highest BCUT2D eigenvalue weighted by atomic mass is 32.2. The van der Waals surface area contributed by atoms with Crippen LogP contribution < -0.4 is 5.32 Å². The Labute approximate surface area is 137 Å². The average Bonchev–Trinajstić information content (AvgIpc) is 2.85. The van der Waals surface area contributed by atoms with Crippen molar-refractivity contribution in [3.8, 4) is 0 Å². The van der Waals surface area contributed by atoms with E-state index in [0.717, 1.165) is 23.1 Å². The zero-order chi connectivity index (χ0) is 15.4. The van der Waals surface area contributed by atoms with E-state index in [1.54, 1.807) is 11.8 Å². The molecule has 5 heteroatoms. The molecule has 112 valence electrons. The summed E-state index contributed by atoms with van der Waals surface area (Å²) in [6, 6.07) is 18.6. The summed E-state index contributed by atoms with van der Waals surface area (Å²) in [7, 11) is 0. The number of rotatable bonds is 5. The molecule has 1 unspecified atom stereocenters. The van der Waals surface area contributed by atoms with Crippen LogP contribution in [0.4, 0.5) is 4.79 Å². The van der Waals surface area contributed by atoms with E-state index in [1.807, 2.05) is 30.3 Å². The van der Waals surface area contributed by atoms with Crippen molar-refractivity contribution < 1.29 is 9.59 Å². The number of nitrogens with one attached hydrogen (secondary N) is 1. The summed E-state index contributed by atoms with van der Waals surface area (Å²) in [5.74, 6) is 0.757. The van der Waals surface area contributed by atoms with Crippen molar-refractivity contribution in [3.05, 3.63) is 65.7 Å². The molecule has 22 heavy (non-hydrogen) atoms. The second kappa shape index (κ2) is 7.03. The van der Waals surface area contributed by atoms with Gasteiger partial charge >= 0.3 is 0 Å². The molecule has 1 saturated heterocycles. The maximum Gasteiger partial charge on any atom is 0.286 e. The number of hydrogen-bond donors (Lipinski definition) is 1. The molecule has 1 atom stereocenters. The summed E-state index contributed by atoms with van der Waals surface area (Å²) in [6.07, 6.45) is 0.589. The fraction of sp³-hybridized carbons (Fsp3) is 0.176. The first-order valence-corrected chi connectivity index (χ1v) is 8.84. The van der Waals surface area contributed by atoms with Crippen molar-refractivity contribution >= 4 is 34.7 Å². The summed E-state index contributed by atoms with van der Waals surface area (Å²) in [4.78, 5) is 23.9. The van der Waals surface area contributed by atoms with Gasteiger partial charge in [-0.2, -0.15) is 0 Å². The summed E-state index contributed by atoms with van der Waals surface area (Å²) in [5.41, 5.74) is 2.38. The maximum atomic E-state index is 11.6. The fourth-order valence-corrected chi connectivity index (χ4v) is 3.92. The standard InChI is InChI=1S/C17H15NO2S2/c19-16-15(22-17(20)18-16)10-12-6-8-14(9-7-12)21-11-13-4-2-1-3-5-13/h1-9,15H,10-11H2,(H,18,19,20). The highest BCUT2D eigenvalue weighted by Crippen LogP contribution is 2.26. The Balaban J connectivity index is 1.56. The Bertz CT molecular complexity index is 671. The van der Waals surface area contributed by atoms with Gasteiger partial charge in [-0.15, -0.1) is 11.8 Å². The van der Waals surface area contributed by atoms with E-state index >= 15 is 0 Å². The van der Waals surface area contributed by atoms with Gasteiger partial charge in [0.15, 0.2) is 0 Å². The van der Waals surface area contributed by atoms with Gasteiger partial charge in [0.2, 0.25) is 5.91 Å². The minimum absolute atomic E-state index is 0.183. The topological polar surface area (TPSA) is 46.2 Å². The molecule has 2 aromatic rings. The van der Waals surface area contributed by atoms with Crippen molar-refractivity contribution in [1.82, 2.24) is 5.32 Å². The van der Waals surface area contributed by atoms with Crippen LogP contribution in [0.3, 0.4) is 0 Å². The molecule has 1 aliphatic rings. The van der Waals surface area contributed by atoms with Gasteiger partial charge in [-0.05, 0) is 29.7 Å². The van der Waals surface area contributed by atoms with Crippen LogP contribution in [-0.4, -0.2) is 16.4 Å². The molecular formula is C17H15NO2S2. The Morgan fingerprint density at radius 3 is 2.32 bits per heavy atom. The normalized spacial score (nSPS) is 17.5. The first-order valence-electron chi connectivity index (χ1n) is 6.98. The van der Waals surface area contributed by atoms with Gasteiger partial charge in [0.25, 0.3) is 5.24 Å². The second-order valence-corrected chi connectivity index (χ2v) is 7.23. The number of carbonyl (C=O) groups excluding carboxylic acids is 2. The largest absolute Gasteiger partial charge is 0.286 e. The predicted octanol–water partition coefficient (Wildman–Crippen LogP) is 3.87. The van der Waals surface area contributed by atoms with Crippen LogP contribution >= 0.6 is 23.5 Å². The van der Waals surface area contributed by atoms with Crippen molar-refractivity contribution in [2.45, 2.75) is 22.3 Å². The quantitative estimate of drug-likeness (QED) is 0.846. The van der Waals surface area contributed by atoms with Crippen molar-refractivity contribution in [3.63, 3.8) is 0 Å². The molecule has 1 N–H and O–H groups in total. The van der Waals surface area contributed by atoms with Crippen LogP contribution in [0.1, 0.15) is 11.1 Å². The molecule has 1 heterocycles. The molecule has 0 saturated carbocycles. The van der Waals surface area contributed by atoms with Crippen LogP contribution in [0.5, 0.6) is 0 Å². The van der Waals surface area contributed by atoms with Gasteiger partial charge in [-0.1, -0.05) is 54.2 Å². The number of carbonyl (C=O) groups is 2. The Morgan fingerprint density at radius 2 is 1.68 bits per heavy atom. The molecule has 1 aliphatic heterocycles. The number of imide groups is 1. The van der Waals surface area contributed by atoms with E-state index in [0.29, 0.717) is 6.42 Å². The first kappa shape index (κ1) is 15.2. The summed E-state index contributed by atoms with van der Waals surface area (Å²) in [5, 5.41) is 1.78. The highest BCUT2D eigenvalue weighted by Gasteiger charge is 2.31. The number of benzene rings is 2. The van der Waals surface area contributed by atoms with Crippen molar-refractivity contribution in [2.24, 2.45) is 0 Å². The van der Waals surface area contributed by atoms with E-state index in [2.05, 4.69) is 29.6 Å². The number of thioether (sulfide) groups is 2. The Kier molecular flexibility index (Phi) is 4.85. The average molecular weight is 329 g/mol. The maximum absolute atomic E-state index is 11.6. The lowest BCUT2D eigenvalue weighted by atomic mass is 10.1. The van der Waals surface area contributed by atoms with E-state index in [4.69, 9.17) is 0 Å². The molecule has 0 aromatic heterocycles. The van der Waals surface area contributed by atoms with E-state index in [1.165, 1.54) is 10.5 Å². The third-order valence-corrected chi connectivity index (χ3v) is 5.42. The number of amides is 2. The van der Waals surface area contributed by atoms with Crippen molar-refractivity contribution in [1.29, 1.82) is 0 Å². The van der Waals surface area contributed by atoms with E-state index in [9.17, 15) is 9.59 Å². The molecule has 0 aliphatic carbocycles. The van der Waals surface area contributed by atoms with Crippen LogP contribution in [0, 0.1) is 0 Å². The van der Waals surface area contributed by atoms with Gasteiger partial charge in [0, 0.05) is 10.6 Å². The second-order valence-electron chi connectivity index (χ2n) is 5.01. The van der Waals surface area contributed by atoms with Gasteiger partial charge < -0.3 is 0 Å². The Morgan fingerprint density at radius 1 is 0.955 bits per heavy atom. The molecule has 0 radical (unpaired) electrons. The summed E-state index contributed by atoms with van der Waals surface area (Å²) < 4.78 is 0. The minimum atomic E-state index is -0.296. The van der Waals surface area contributed by atoms with Crippen molar-refractivity contribution in [2.75, 3.05) is 0 Å². The highest BCUT2D eigenvalue weighted by molar-refractivity contribution is 8.15. The first-order chi connectivity index (χ1) is 10.7. The van der Waals surface area contributed by atoms with Gasteiger partial charge in [-0.25, -0.2) is 0 Å². The number of hydrogen-bond acceptors (Lipinski definition) is 4. The lowest BCUT2D eigenvalue weighted by molar-refractivity contribution is -0.118. The summed E-state index contributed by atoms with van der Waals surface area (Å²) in [6.45, 7) is 0. The molecule has 2 aromatic carbocycles. The van der Waals surface area contributed by atoms with Crippen LogP contribution in [0.15, 0.2) is 59.5 Å². The fourth-order valence-electron chi connectivity index (χ4n) is 2.20. The van der Waals surface area contributed by atoms with E-state index < -0.39 is 0 Å². The molecule has 3 nitrogen and oxygen atoms in total. The molecule has 1 fully saturated rings. The van der Waals surface area contributed by atoms with Crippen LogP contribution in [-0.2, 0) is 17.0 Å². The zero-order valence-corrected chi connectivity index (χ0v) is 13.5.